The van der Waals surface area contributed by atoms with Gasteiger partial charge in [0.1, 0.15) is 0 Å². The van der Waals surface area contributed by atoms with E-state index in [2.05, 4.69) is 48.2 Å². The van der Waals surface area contributed by atoms with Crippen molar-refractivity contribution < 1.29 is 5.11 Å². The van der Waals surface area contributed by atoms with E-state index in [0.29, 0.717) is 0 Å². The molecular weight excluding hydrogens is 270 g/mol. The Labute approximate surface area is 131 Å². The summed E-state index contributed by atoms with van der Waals surface area (Å²) < 4.78 is 0. The van der Waals surface area contributed by atoms with Crippen LogP contribution in [0.1, 0.15) is 11.1 Å². The van der Waals surface area contributed by atoms with Gasteiger partial charge in [-0.05, 0) is 48.4 Å². The second-order valence-corrected chi connectivity index (χ2v) is 5.28. The highest BCUT2D eigenvalue weighted by atomic mass is 16.3. The van der Waals surface area contributed by atoms with Gasteiger partial charge in [0, 0.05) is 17.1 Å². The van der Waals surface area contributed by atoms with Gasteiger partial charge in [-0.25, -0.2) is 0 Å². The normalized spacial score (nSPS) is 10.5. The zero-order chi connectivity index (χ0) is 15.4. The average Bonchev–Trinajstić information content (AvgIpc) is 2.58. The molecule has 22 heavy (non-hydrogen) atoms. The third kappa shape index (κ3) is 2.87. The second kappa shape index (κ2) is 6.46. The topological polar surface area (TPSA) is 23.5 Å². The summed E-state index contributed by atoms with van der Waals surface area (Å²) in [6, 6.07) is 26.7. The van der Waals surface area contributed by atoms with Crippen LogP contribution in [0.5, 0.6) is 0 Å². The minimum absolute atomic E-state index is 0.0655. The Morgan fingerprint density at radius 1 is 0.727 bits per heavy atom. The van der Waals surface area contributed by atoms with E-state index >= 15 is 0 Å². The maximum Gasteiger partial charge on any atom is 0.0681 e. The van der Waals surface area contributed by atoms with Crippen LogP contribution in [0.15, 0.2) is 78.9 Å². The van der Waals surface area contributed by atoms with E-state index in [-0.39, 0.29) is 6.61 Å². The van der Waals surface area contributed by atoms with Gasteiger partial charge in [-0.3, -0.25) is 0 Å². The highest BCUT2D eigenvalue weighted by Gasteiger charge is 2.13. The first-order valence-electron chi connectivity index (χ1n) is 7.40. The molecule has 0 heterocycles. The third-order valence-corrected chi connectivity index (χ3v) is 3.75. The Balaban J connectivity index is 2.12. The fraction of sp³-hybridized carbons (Fsp3) is 0.100. The number of benzene rings is 3. The molecule has 110 valence electrons. The van der Waals surface area contributed by atoms with Gasteiger partial charge in [0.05, 0.1) is 6.61 Å². The summed E-state index contributed by atoms with van der Waals surface area (Å²) >= 11 is 0. The van der Waals surface area contributed by atoms with Crippen LogP contribution in [0.25, 0.3) is 0 Å². The Morgan fingerprint density at radius 3 is 1.95 bits per heavy atom. The number of nitrogens with zero attached hydrogens (tertiary/aromatic N) is 1. The van der Waals surface area contributed by atoms with Crippen molar-refractivity contribution in [3.05, 3.63) is 90.0 Å². The lowest BCUT2D eigenvalue weighted by Crippen LogP contribution is -2.11. The number of rotatable bonds is 4. The van der Waals surface area contributed by atoms with E-state index in [1.54, 1.807) is 0 Å². The van der Waals surface area contributed by atoms with Crippen LogP contribution in [-0.2, 0) is 6.61 Å². The number of hydrogen-bond acceptors (Lipinski definition) is 2. The number of aliphatic hydroxyl groups is 1. The maximum absolute atomic E-state index is 9.23. The van der Waals surface area contributed by atoms with Crippen LogP contribution in [0, 0.1) is 6.92 Å². The van der Waals surface area contributed by atoms with Crippen molar-refractivity contribution in [2.24, 2.45) is 0 Å². The molecule has 3 aromatic carbocycles. The Bertz CT molecular complexity index is 735. The minimum atomic E-state index is 0.0655. The van der Waals surface area contributed by atoms with Crippen molar-refractivity contribution in [2.75, 3.05) is 4.90 Å². The van der Waals surface area contributed by atoms with Crippen LogP contribution in [0.2, 0.25) is 0 Å². The zero-order valence-corrected chi connectivity index (χ0v) is 12.6. The smallest absolute Gasteiger partial charge is 0.0681 e. The molecule has 0 unspecified atom stereocenters. The Hall–Kier alpha value is -2.58. The number of para-hydroxylation sites is 2. The molecule has 0 atom stereocenters. The van der Waals surface area contributed by atoms with Gasteiger partial charge in [-0.1, -0.05) is 48.5 Å². The molecule has 0 aliphatic heterocycles. The van der Waals surface area contributed by atoms with Gasteiger partial charge in [-0.2, -0.15) is 0 Å². The fourth-order valence-electron chi connectivity index (χ4n) is 2.57. The predicted octanol–water partition coefficient (Wildman–Crippen LogP) is 4.96. The van der Waals surface area contributed by atoms with Gasteiger partial charge in [0.25, 0.3) is 0 Å². The molecule has 0 bridgehead atoms. The molecule has 0 aromatic heterocycles. The maximum atomic E-state index is 9.23. The van der Waals surface area contributed by atoms with Crippen LogP contribution in [-0.4, -0.2) is 5.11 Å². The predicted molar refractivity (Wildman–Crippen MR) is 91.8 cm³/mol. The fourth-order valence-corrected chi connectivity index (χ4v) is 2.57. The van der Waals surface area contributed by atoms with Crippen LogP contribution in [0.4, 0.5) is 17.1 Å². The van der Waals surface area contributed by atoms with E-state index < -0.39 is 0 Å². The minimum Gasteiger partial charge on any atom is -0.392 e. The van der Waals surface area contributed by atoms with Gasteiger partial charge in [-0.15, -0.1) is 0 Å². The number of aliphatic hydroxyl groups excluding tert-OH is 1. The standard InChI is InChI=1S/C20H19NO/c1-16-7-5-6-10-20(16)21(18-8-3-2-4-9-18)19-13-11-17(15-22)12-14-19/h2-14,22H,15H2,1H3. The first kappa shape index (κ1) is 14.4. The molecule has 3 aromatic rings. The lowest BCUT2D eigenvalue weighted by Gasteiger charge is -2.27. The molecular formula is C20H19NO. The van der Waals surface area contributed by atoms with Crippen molar-refractivity contribution in [1.82, 2.24) is 0 Å². The third-order valence-electron chi connectivity index (χ3n) is 3.75. The van der Waals surface area contributed by atoms with Crippen LogP contribution in [0.3, 0.4) is 0 Å². The van der Waals surface area contributed by atoms with E-state index in [1.807, 2.05) is 42.5 Å². The summed E-state index contributed by atoms with van der Waals surface area (Å²) in [6.07, 6.45) is 0. The average molecular weight is 289 g/mol. The van der Waals surface area contributed by atoms with E-state index in [0.717, 1.165) is 22.6 Å². The summed E-state index contributed by atoms with van der Waals surface area (Å²) in [5.41, 5.74) is 5.50. The van der Waals surface area contributed by atoms with Crippen LogP contribution < -0.4 is 4.90 Å². The van der Waals surface area contributed by atoms with Crippen molar-refractivity contribution >= 4 is 17.1 Å². The highest BCUT2D eigenvalue weighted by Crippen LogP contribution is 2.36. The first-order chi connectivity index (χ1) is 10.8. The number of anilines is 3. The summed E-state index contributed by atoms with van der Waals surface area (Å²) in [4.78, 5) is 2.23. The monoisotopic (exact) mass is 289 g/mol. The molecule has 2 nitrogen and oxygen atoms in total. The molecule has 0 saturated heterocycles. The lowest BCUT2D eigenvalue weighted by atomic mass is 10.1. The van der Waals surface area contributed by atoms with Crippen molar-refractivity contribution in [3.8, 4) is 0 Å². The summed E-state index contributed by atoms with van der Waals surface area (Å²) in [7, 11) is 0. The SMILES string of the molecule is Cc1ccccc1N(c1ccccc1)c1ccc(CO)cc1. The molecule has 0 fully saturated rings. The molecule has 1 N–H and O–H groups in total. The molecule has 0 aliphatic carbocycles. The van der Waals surface area contributed by atoms with E-state index in [9.17, 15) is 5.11 Å². The summed E-state index contributed by atoms with van der Waals surface area (Å²) in [6.45, 7) is 2.18. The van der Waals surface area contributed by atoms with Crippen molar-refractivity contribution in [3.63, 3.8) is 0 Å². The molecule has 3 rings (SSSR count). The molecule has 0 aliphatic rings. The van der Waals surface area contributed by atoms with Gasteiger partial charge in [0.2, 0.25) is 0 Å². The second-order valence-electron chi connectivity index (χ2n) is 5.28. The molecule has 0 amide bonds. The summed E-state index contributed by atoms with van der Waals surface area (Å²) in [5, 5.41) is 9.23. The van der Waals surface area contributed by atoms with Gasteiger partial charge >= 0.3 is 0 Å². The van der Waals surface area contributed by atoms with E-state index in [1.165, 1.54) is 5.56 Å². The number of hydrogen-bond donors (Lipinski definition) is 1. The highest BCUT2D eigenvalue weighted by molar-refractivity contribution is 5.78. The van der Waals surface area contributed by atoms with Gasteiger partial charge in [0.15, 0.2) is 0 Å². The summed E-state index contributed by atoms with van der Waals surface area (Å²) in [5.74, 6) is 0. The first-order valence-corrected chi connectivity index (χ1v) is 7.40. The Morgan fingerprint density at radius 2 is 1.32 bits per heavy atom. The van der Waals surface area contributed by atoms with E-state index in [4.69, 9.17) is 0 Å². The quantitative estimate of drug-likeness (QED) is 0.734. The molecule has 2 heteroatoms. The molecule has 0 saturated carbocycles. The Kier molecular flexibility index (Phi) is 4.22. The van der Waals surface area contributed by atoms with Crippen molar-refractivity contribution in [2.45, 2.75) is 13.5 Å². The lowest BCUT2D eigenvalue weighted by molar-refractivity contribution is 0.282. The zero-order valence-electron chi connectivity index (χ0n) is 12.6. The molecule has 0 spiro atoms. The van der Waals surface area contributed by atoms with Crippen LogP contribution >= 0.6 is 0 Å². The number of aryl methyl sites for hydroxylation is 1. The van der Waals surface area contributed by atoms with Gasteiger partial charge < -0.3 is 10.0 Å². The molecule has 0 radical (unpaired) electrons. The van der Waals surface area contributed by atoms with Crippen molar-refractivity contribution in [1.29, 1.82) is 0 Å². The largest absolute Gasteiger partial charge is 0.392 e.